The van der Waals surface area contributed by atoms with Crippen LogP contribution in [-0.2, 0) is 0 Å². The molecule has 6 heteroatoms. The largest absolute Gasteiger partial charge is 0.388 e. The molecule has 2 N–H and O–H groups in total. The van der Waals surface area contributed by atoms with Crippen molar-refractivity contribution in [3.05, 3.63) is 55.4 Å². The van der Waals surface area contributed by atoms with Gasteiger partial charge in [-0.15, -0.1) is 0 Å². The van der Waals surface area contributed by atoms with E-state index in [9.17, 15) is 4.79 Å². The normalized spacial score (nSPS) is 10.2. The van der Waals surface area contributed by atoms with Gasteiger partial charge < -0.3 is 10.6 Å². The van der Waals surface area contributed by atoms with Crippen LogP contribution in [0.3, 0.4) is 0 Å². The molecule has 0 aromatic heterocycles. The zero-order valence-corrected chi connectivity index (χ0v) is 15.3. The van der Waals surface area contributed by atoms with Crippen molar-refractivity contribution in [3.8, 4) is 0 Å². The van der Waals surface area contributed by atoms with Crippen LogP contribution in [0.25, 0.3) is 0 Å². The van der Waals surface area contributed by atoms with Crippen LogP contribution in [0, 0.1) is 0 Å². The zero-order chi connectivity index (χ0) is 14.7. The Balaban J connectivity index is 2.23. The van der Waals surface area contributed by atoms with E-state index in [1.165, 1.54) is 0 Å². The van der Waals surface area contributed by atoms with E-state index in [1.54, 1.807) is 12.1 Å². The van der Waals surface area contributed by atoms with Crippen LogP contribution in [0.4, 0.5) is 11.4 Å². The first-order chi connectivity index (χ1) is 9.51. The average molecular weight is 463 g/mol. The fraction of sp³-hybridized carbons (Fsp3) is 0.0714. The van der Waals surface area contributed by atoms with Crippen molar-refractivity contribution in [2.24, 2.45) is 0 Å². The number of benzene rings is 2. The molecular formula is C14H11Br3N2O. The molecule has 104 valence electrons. The van der Waals surface area contributed by atoms with Gasteiger partial charge in [-0.25, -0.2) is 0 Å². The van der Waals surface area contributed by atoms with Gasteiger partial charge in [0, 0.05) is 31.7 Å². The van der Waals surface area contributed by atoms with E-state index in [0.29, 0.717) is 11.3 Å². The Bertz CT molecular complexity index is 618. The molecule has 2 aromatic rings. The molecule has 0 atom stereocenters. The molecule has 0 aliphatic carbocycles. The van der Waals surface area contributed by atoms with Crippen molar-refractivity contribution < 1.29 is 4.79 Å². The monoisotopic (exact) mass is 460 g/mol. The van der Waals surface area contributed by atoms with Gasteiger partial charge in [0.05, 0.1) is 5.69 Å². The highest BCUT2D eigenvalue weighted by Crippen LogP contribution is 2.34. The molecule has 0 fully saturated rings. The Labute approximate surface area is 142 Å². The minimum atomic E-state index is -0.156. The van der Waals surface area contributed by atoms with Crippen LogP contribution in [0.2, 0.25) is 0 Å². The van der Waals surface area contributed by atoms with E-state index < -0.39 is 0 Å². The van der Waals surface area contributed by atoms with Gasteiger partial charge in [-0.1, -0.05) is 15.9 Å². The third kappa shape index (κ3) is 3.62. The highest BCUT2D eigenvalue weighted by molar-refractivity contribution is 9.11. The SMILES string of the molecule is CNc1ccc(C(=O)Nc2c(Br)cc(Br)cc2Br)cc1. The third-order valence-electron chi connectivity index (χ3n) is 2.68. The lowest BCUT2D eigenvalue weighted by atomic mass is 10.2. The Morgan fingerprint density at radius 1 is 1.00 bits per heavy atom. The van der Waals surface area contributed by atoms with Crippen molar-refractivity contribution in [3.63, 3.8) is 0 Å². The number of nitrogens with one attached hydrogen (secondary N) is 2. The first-order valence-electron chi connectivity index (χ1n) is 5.75. The number of amides is 1. The average Bonchev–Trinajstić information content (AvgIpc) is 2.42. The first-order valence-corrected chi connectivity index (χ1v) is 8.13. The maximum atomic E-state index is 12.2. The number of rotatable bonds is 3. The van der Waals surface area contributed by atoms with E-state index in [2.05, 4.69) is 58.4 Å². The van der Waals surface area contributed by atoms with Gasteiger partial charge >= 0.3 is 0 Å². The summed E-state index contributed by atoms with van der Waals surface area (Å²) in [4.78, 5) is 12.2. The third-order valence-corrected chi connectivity index (χ3v) is 4.39. The van der Waals surface area contributed by atoms with Gasteiger partial charge in [-0.2, -0.15) is 0 Å². The fourth-order valence-electron chi connectivity index (χ4n) is 1.64. The van der Waals surface area contributed by atoms with E-state index in [-0.39, 0.29) is 5.91 Å². The van der Waals surface area contributed by atoms with E-state index in [1.807, 2.05) is 31.3 Å². The molecule has 0 aliphatic heterocycles. The highest BCUT2D eigenvalue weighted by atomic mass is 79.9. The standard InChI is InChI=1S/C14H11Br3N2O/c1-18-10-4-2-8(3-5-10)14(20)19-13-11(16)6-9(15)7-12(13)17/h2-7,18H,1H3,(H,19,20). The van der Waals surface area contributed by atoms with Gasteiger partial charge in [-0.3, -0.25) is 4.79 Å². The Hall–Kier alpha value is -0.850. The van der Waals surface area contributed by atoms with Crippen LogP contribution in [-0.4, -0.2) is 13.0 Å². The summed E-state index contributed by atoms with van der Waals surface area (Å²) in [6.07, 6.45) is 0. The smallest absolute Gasteiger partial charge is 0.255 e. The van der Waals surface area contributed by atoms with E-state index in [4.69, 9.17) is 0 Å². The molecule has 0 unspecified atom stereocenters. The lowest BCUT2D eigenvalue weighted by molar-refractivity contribution is 0.102. The number of hydrogen-bond acceptors (Lipinski definition) is 2. The summed E-state index contributed by atoms with van der Waals surface area (Å²) in [5.41, 5.74) is 2.27. The Morgan fingerprint density at radius 3 is 2.05 bits per heavy atom. The minimum absolute atomic E-state index is 0.156. The van der Waals surface area contributed by atoms with E-state index >= 15 is 0 Å². The molecule has 0 bridgehead atoms. The Kier molecular flexibility index (Phi) is 5.23. The van der Waals surface area contributed by atoms with Crippen LogP contribution in [0.15, 0.2) is 49.8 Å². The summed E-state index contributed by atoms with van der Waals surface area (Å²) in [5.74, 6) is -0.156. The first kappa shape index (κ1) is 15.5. The molecule has 20 heavy (non-hydrogen) atoms. The molecular weight excluding hydrogens is 452 g/mol. The molecule has 0 heterocycles. The van der Waals surface area contributed by atoms with Crippen molar-refractivity contribution >= 4 is 65.1 Å². The van der Waals surface area contributed by atoms with Gasteiger partial charge in [0.25, 0.3) is 5.91 Å². The topological polar surface area (TPSA) is 41.1 Å². The number of halogens is 3. The summed E-state index contributed by atoms with van der Waals surface area (Å²) in [5, 5.41) is 5.90. The second-order valence-electron chi connectivity index (χ2n) is 4.03. The predicted octanol–water partition coefficient (Wildman–Crippen LogP) is 5.27. The van der Waals surface area contributed by atoms with Crippen molar-refractivity contribution in [1.82, 2.24) is 0 Å². The number of hydrogen-bond donors (Lipinski definition) is 2. The summed E-state index contributed by atoms with van der Waals surface area (Å²) >= 11 is 10.3. The maximum absolute atomic E-state index is 12.2. The lowest BCUT2D eigenvalue weighted by Gasteiger charge is -2.11. The number of carbonyl (C=O) groups is 1. The summed E-state index contributed by atoms with van der Waals surface area (Å²) < 4.78 is 2.53. The molecule has 2 aromatic carbocycles. The second-order valence-corrected chi connectivity index (χ2v) is 6.65. The highest BCUT2D eigenvalue weighted by Gasteiger charge is 2.12. The zero-order valence-electron chi connectivity index (χ0n) is 10.5. The van der Waals surface area contributed by atoms with Crippen LogP contribution < -0.4 is 10.6 Å². The molecule has 3 nitrogen and oxygen atoms in total. The van der Waals surface area contributed by atoms with Crippen molar-refractivity contribution in [1.29, 1.82) is 0 Å². The van der Waals surface area contributed by atoms with Crippen molar-refractivity contribution in [2.75, 3.05) is 17.7 Å². The predicted molar refractivity (Wildman–Crippen MR) is 93.5 cm³/mol. The lowest BCUT2D eigenvalue weighted by Crippen LogP contribution is -2.12. The quantitative estimate of drug-likeness (QED) is 0.652. The molecule has 0 saturated heterocycles. The Morgan fingerprint density at radius 2 is 1.55 bits per heavy atom. The second kappa shape index (κ2) is 6.74. The van der Waals surface area contributed by atoms with Crippen molar-refractivity contribution in [2.45, 2.75) is 0 Å². The molecule has 2 rings (SSSR count). The van der Waals surface area contributed by atoms with E-state index in [0.717, 1.165) is 19.1 Å². The summed E-state index contributed by atoms with van der Waals surface area (Å²) in [6, 6.07) is 11.0. The van der Waals surface area contributed by atoms with Crippen LogP contribution in [0.5, 0.6) is 0 Å². The summed E-state index contributed by atoms with van der Waals surface area (Å²) in [7, 11) is 1.84. The minimum Gasteiger partial charge on any atom is -0.388 e. The number of anilines is 2. The fourth-order valence-corrected chi connectivity index (χ4v) is 4.09. The molecule has 0 radical (unpaired) electrons. The maximum Gasteiger partial charge on any atom is 0.255 e. The number of carbonyl (C=O) groups excluding carboxylic acids is 1. The summed E-state index contributed by atoms with van der Waals surface area (Å²) in [6.45, 7) is 0. The van der Waals surface area contributed by atoms with Gasteiger partial charge in [0.1, 0.15) is 0 Å². The van der Waals surface area contributed by atoms with Crippen LogP contribution >= 0.6 is 47.8 Å². The van der Waals surface area contributed by atoms with Gasteiger partial charge in [0.2, 0.25) is 0 Å². The molecule has 1 amide bonds. The van der Waals surface area contributed by atoms with Gasteiger partial charge in [0.15, 0.2) is 0 Å². The van der Waals surface area contributed by atoms with Gasteiger partial charge in [-0.05, 0) is 68.3 Å². The molecule has 0 spiro atoms. The van der Waals surface area contributed by atoms with Crippen LogP contribution in [0.1, 0.15) is 10.4 Å². The molecule has 0 saturated carbocycles. The molecule has 0 aliphatic rings.